The van der Waals surface area contributed by atoms with Gasteiger partial charge < -0.3 is 10.1 Å². The van der Waals surface area contributed by atoms with Gasteiger partial charge in [0, 0.05) is 39.3 Å². The summed E-state index contributed by atoms with van der Waals surface area (Å²) in [5.74, 6) is 0.221. The first kappa shape index (κ1) is 19.9. The van der Waals surface area contributed by atoms with Crippen LogP contribution in [0.25, 0.3) is 6.08 Å². The molecule has 142 valence electrons. The van der Waals surface area contributed by atoms with Crippen molar-refractivity contribution in [1.29, 1.82) is 0 Å². The van der Waals surface area contributed by atoms with Crippen LogP contribution < -0.4 is 10.1 Å². The highest BCUT2D eigenvalue weighted by Crippen LogP contribution is 2.23. The lowest BCUT2D eigenvalue weighted by molar-refractivity contribution is -0.111. The van der Waals surface area contributed by atoms with Crippen molar-refractivity contribution in [3.63, 3.8) is 0 Å². The van der Waals surface area contributed by atoms with Crippen molar-refractivity contribution in [3.05, 3.63) is 81.6 Å². The highest BCUT2D eigenvalue weighted by atomic mass is 35.5. The Kier molecular flexibility index (Phi) is 6.29. The standard InChI is InChI=1S/C21H17Cl2N3O2/c1-13-10-14(2)25-21(24-13)28-18-5-3-4-17(12-18)26-20(27)9-7-15-6-8-16(22)11-19(15)23/h3-12H,1-2H3,(H,26,27)/b9-7+. The van der Waals surface area contributed by atoms with Crippen LogP contribution in [0.1, 0.15) is 17.0 Å². The Bertz CT molecular complexity index is 1030. The van der Waals surface area contributed by atoms with Gasteiger partial charge >= 0.3 is 6.01 Å². The summed E-state index contributed by atoms with van der Waals surface area (Å²) in [7, 11) is 0. The van der Waals surface area contributed by atoms with Crippen LogP contribution in [-0.4, -0.2) is 15.9 Å². The van der Waals surface area contributed by atoms with E-state index in [1.165, 1.54) is 6.08 Å². The van der Waals surface area contributed by atoms with E-state index in [1.807, 2.05) is 19.9 Å². The van der Waals surface area contributed by atoms with Gasteiger partial charge in [-0.25, -0.2) is 9.97 Å². The molecule has 0 fully saturated rings. The smallest absolute Gasteiger partial charge is 0.322 e. The fourth-order valence-electron chi connectivity index (χ4n) is 2.47. The topological polar surface area (TPSA) is 64.1 Å². The van der Waals surface area contributed by atoms with Gasteiger partial charge in [0.25, 0.3) is 0 Å². The van der Waals surface area contributed by atoms with Crippen LogP contribution in [0.15, 0.2) is 54.6 Å². The first-order chi connectivity index (χ1) is 13.4. The fraction of sp³-hybridized carbons (Fsp3) is 0.0952. The van der Waals surface area contributed by atoms with Crippen molar-refractivity contribution in [1.82, 2.24) is 9.97 Å². The van der Waals surface area contributed by atoms with Gasteiger partial charge in [-0.2, -0.15) is 0 Å². The van der Waals surface area contributed by atoms with Crippen LogP contribution in [0.3, 0.4) is 0 Å². The van der Waals surface area contributed by atoms with Crippen LogP contribution in [-0.2, 0) is 4.79 Å². The lowest BCUT2D eigenvalue weighted by atomic mass is 10.2. The molecule has 0 aliphatic carbocycles. The summed E-state index contributed by atoms with van der Waals surface area (Å²) in [4.78, 5) is 20.7. The summed E-state index contributed by atoms with van der Waals surface area (Å²) < 4.78 is 5.70. The SMILES string of the molecule is Cc1cc(C)nc(Oc2cccc(NC(=O)/C=C/c3ccc(Cl)cc3Cl)c2)n1. The van der Waals surface area contributed by atoms with E-state index >= 15 is 0 Å². The molecule has 0 spiro atoms. The van der Waals surface area contributed by atoms with Gasteiger partial charge in [0.05, 0.1) is 0 Å². The molecule has 0 bridgehead atoms. The monoisotopic (exact) mass is 413 g/mol. The van der Waals surface area contributed by atoms with Crippen molar-refractivity contribution in [2.75, 3.05) is 5.32 Å². The molecule has 1 amide bonds. The summed E-state index contributed by atoms with van der Waals surface area (Å²) in [5.41, 5.74) is 2.92. The minimum absolute atomic E-state index is 0.262. The largest absolute Gasteiger partial charge is 0.424 e. The Hall–Kier alpha value is -2.89. The number of ether oxygens (including phenoxy) is 1. The number of carbonyl (C=O) groups excluding carboxylic acids is 1. The number of halogens is 2. The molecular formula is C21H17Cl2N3O2. The van der Waals surface area contributed by atoms with E-state index in [0.717, 1.165) is 11.4 Å². The second kappa shape index (κ2) is 8.87. The second-order valence-corrected chi connectivity index (χ2v) is 6.90. The number of amides is 1. The average molecular weight is 414 g/mol. The number of hydrogen-bond donors (Lipinski definition) is 1. The van der Waals surface area contributed by atoms with Gasteiger partial charge in [-0.3, -0.25) is 4.79 Å². The molecule has 3 rings (SSSR count). The van der Waals surface area contributed by atoms with Crippen molar-refractivity contribution >= 4 is 40.9 Å². The molecule has 1 N–H and O–H groups in total. The van der Waals surface area contributed by atoms with Crippen molar-refractivity contribution in [2.24, 2.45) is 0 Å². The van der Waals surface area contributed by atoms with Crippen molar-refractivity contribution in [2.45, 2.75) is 13.8 Å². The Morgan fingerprint density at radius 1 is 1.04 bits per heavy atom. The van der Waals surface area contributed by atoms with E-state index in [0.29, 0.717) is 27.0 Å². The van der Waals surface area contributed by atoms with Gasteiger partial charge in [0.2, 0.25) is 5.91 Å². The van der Waals surface area contributed by atoms with Crippen LogP contribution in [0.2, 0.25) is 10.0 Å². The van der Waals surface area contributed by atoms with Gasteiger partial charge in [-0.15, -0.1) is 0 Å². The minimum Gasteiger partial charge on any atom is -0.424 e. The molecule has 5 nitrogen and oxygen atoms in total. The predicted molar refractivity (Wildman–Crippen MR) is 112 cm³/mol. The molecule has 0 radical (unpaired) electrons. The number of rotatable bonds is 5. The molecule has 0 atom stereocenters. The maximum atomic E-state index is 12.2. The second-order valence-electron chi connectivity index (χ2n) is 6.05. The lowest BCUT2D eigenvalue weighted by Crippen LogP contribution is -2.07. The molecule has 0 saturated carbocycles. The quantitative estimate of drug-likeness (QED) is 0.533. The zero-order chi connectivity index (χ0) is 20.1. The Morgan fingerprint density at radius 2 is 1.79 bits per heavy atom. The molecule has 7 heteroatoms. The summed E-state index contributed by atoms with van der Waals surface area (Å²) in [5, 5.41) is 3.79. The summed E-state index contributed by atoms with van der Waals surface area (Å²) >= 11 is 12.0. The molecular weight excluding hydrogens is 397 g/mol. The third-order valence-corrected chi connectivity index (χ3v) is 4.21. The fourth-order valence-corrected chi connectivity index (χ4v) is 2.94. The van der Waals surface area contributed by atoms with Crippen molar-refractivity contribution in [3.8, 4) is 11.8 Å². The van der Waals surface area contributed by atoms with Gasteiger partial charge in [-0.1, -0.05) is 35.3 Å². The molecule has 2 aromatic carbocycles. The maximum absolute atomic E-state index is 12.2. The van der Waals surface area contributed by atoms with Crippen LogP contribution >= 0.6 is 23.2 Å². The van der Waals surface area contributed by atoms with E-state index in [4.69, 9.17) is 27.9 Å². The van der Waals surface area contributed by atoms with Gasteiger partial charge in [0.1, 0.15) is 5.75 Å². The van der Waals surface area contributed by atoms with E-state index in [-0.39, 0.29) is 11.9 Å². The van der Waals surface area contributed by atoms with E-state index in [1.54, 1.807) is 48.5 Å². The van der Waals surface area contributed by atoms with Crippen LogP contribution in [0.4, 0.5) is 5.69 Å². The zero-order valence-corrected chi connectivity index (χ0v) is 16.8. The number of nitrogens with zero attached hydrogens (tertiary/aromatic N) is 2. The number of nitrogens with one attached hydrogen (secondary N) is 1. The number of benzene rings is 2. The average Bonchev–Trinajstić information content (AvgIpc) is 2.60. The first-order valence-electron chi connectivity index (χ1n) is 8.43. The normalized spacial score (nSPS) is 10.9. The molecule has 0 aliphatic rings. The predicted octanol–water partition coefficient (Wildman–Crippen LogP) is 5.84. The van der Waals surface area contributed by atoms with E-state index < -0.39 is 0 Å². The van der Waals surface area contributed by atoms with E-state index in [9.17, 15) is 4.79 Å². The van der Waals surface area contributed by atoms with Gasteiger partial charge in [0.15, 0.2) is 0 Å². The molecule has 0 unspecified atom stereocenters. The Balaban J connectivity index is 1.68. The third-order valence-electron chi connectivity index (χ3n) is 3.65. The number of hydrogen-bond acceptors (Lipinski definition) is 4. The molecule has 1 heterocycles. The zero-order valence-electron chi connectivity index (χ0n) is 15.2. The minimum atomic E-state index is -0.300. The molecule has 1 aromatic heterocycles. The summed E-state index contributed by atoms with van der Waals surface area (Å²) in [6.45, 7) is 3.74. The Morgan fingerprint density at radius 3 is 2.50 bits per heavy atom. The number of anilines is 1. The highest BCUT2D eigenvalue weighted by molar-refractivity contribution is 6.35. The number of aryl methyl sites for hydroxylation is 2. The lowest BCUT2D eigenvalue weighted by Gasteiger charge is -2.08. The molecule has 0 aliphatic heterocycles. The van der Waals surface area contributed by atoms with Crippen molar-refractivity contribution < 1.29 is 9.53 Å². The molecule has 3 aromatic rings. The highest BCUT2D eigenvalue weighted by Gasteiger charge is 2.05. The maximum Gasteiger partial charge on any atom is 0.322 e. The molecule has 0 saturated heterocycles. The van der Waals surface area contributed by atoms with Crippen LogP contribution in [0.5, 0.6) is 11.8 Å². The Labute approximate surface area is 173 Å². The van der Waals surface area contributed by atoms with Gasteiger partial charge in [-0.05, 0) is 55.8 Å². The summed E-state index contributed by atoms with van der Waals surface area (Å²) in [6.07, 6.45) is 3.02. The number of aromatic nitrogens is 2. The first-order valence-corrected chi connectivity index (χ1v) is 9.19. The number of carbonyl (C=O) groups is 1. The summed E-state index contributed by atoms with van der Waals surface area (Å²) in [6, 6.07) is 14.2. The molecule has 28 heavy (non-hydrogen) atoms. The van der Waals surface area contributed by atoms with Crippen LogP contribution in [0, 0.1) is 13.8 Å². The third kappa shape index (κ3) is 5.55. The van der Waals surface area contributed by atoms with E-state index in [2.05, 4.69) is 15.3 Å².